The Hall–Kier alpha value is -1.68. The van der Waals surface area contributed by atoms with E-state index in [4.69, 9.17) is 0 Å². The highest BCUT2D eigenvalue weighted by Gasteiger charge is 2.00. The summed E-state index contributed by atoms with van der Waals surface area (Å²) in [4.78, 5) is 4.13. The van der Waals surface area contributed by atoms with Crippen LogP contribution < -0.4 is 0 Å². The lowest BCUT2D eigenvalue weighted by atomic mass is 10.2. The largest absolute Gasteiger partial charge is 0.507 e. The van der Waals surface area contributed by atoms with Crippen molar-refractivity contribution in [1.29, 1.82) is 0 Å². The van der Waals surface area contributed by atoms with Gasteiger partial charge in [0.05, 0.1) is 5.69 Å². The van der Waals surface area contributed by atoms with Crippen molar-refractivity contribution in [1.82, 2.24) is 0 Å². The quantitative estimate of drug-likeness (QED) is 0.822. The second-order valence-electron chi connectivity index (χ2n) is 3.89. The van der Waals surface area contributed by atoms with Gasteiger partial charge >= 0.3 is 0 Å². The van der Waals surface area contributed by atoms with Crippen molar-refractivity contribution in [2.24, 2.45) is 4.99 Å². The number of phenols is 1. The van der Waals surface area contributed by atoms with E-state index in [2.05, 4.69) is 20.9 Å². The van der Waals surface area contributed by atoms with Crippen LogP contribution in [0.5, 0.6) is 5.75 Å². The van der Waals surface area contributed by atoms with Crippen LogP contribution in [0.25, 0.3) is 0 Å². The molecular formula is C14H11BrFNO. The molecule has 92 valence electrons. The van der Waals surface area contributed by atoms with Crippen LogP contribution in [0, 0.1) is 12.7 Å². The number of hydrogen-bond acceptors (Lipinski definition) is 2. The van der Waals surface area contributed by atoms with E-state index >= 15 is 0 Å². The summed E-state index contributed by atoms with van der Waals surface area (Å²) >= 11 is 3.31. The van der Waals surface area contributed by atoms with E-state index in [0.29, 0.717) is 16.8 Å². The fraction of sp³-hybridized carbons (Fsp3) is 0.0714. The molecule has 0 radical (unpaired) electrons. The average Bonchev–Trinajstić information content (AvgIpc) is 2.34. The molecule has 2 rings (SSSR count). The van der Waals surface area contributed by atoms with E-state index in [0.717, 1.165) is 4.47 Å². The SMILES string of the molecule is Cc1ccc(N=Cc2cc(Br)ccc2O)cc1F. The van der Waals surface area contributed by atoms with Crippen LogP contribution in [0.15, 0.2) is 45.9 Å². The molecule has 0 saturated carbocycles. The third-order valence-electron chi connectivity index (χ3n) is 2.50. The van der Waals surface area contributed by atoms with Crippen LogP contribution in [0.2, 0.25) is 0 Å². The number of aliphatic imine (C=N–C) groups is 1. The number of phenolic OH excluding ortho intramolecular Hbond substituents is 1. The molecule has 2 nitrogen and oxygen atoms in total. The summed E-state index contributed by atoms with van der Waals surface area (Å²) in [5.41, 5.74) is 1.67. The lowest BCUT2D eigenvalue weighted by Crippen LogP contribution is -1.83. The monoisotopic (exact) mass is 307 g/mol. The molecule has 0 aliphatic rings. The predicted octanol–water partition coefficient (Wildman–Crippen LogP) is 4.35. The van der Waals surface area contributed by atoms with Crippen molar-refractivity contribution in [2.45, 2.75) is 6.92 Å². The molecule has 0 atom stereocenters. The molecule has 0 unspecified atom stereocenters. The van der Waals surface area contributed by atoms with Crippen molar-refractivity contribution < 1.29 is 9.50 Å². The second kappa shape index (κ2) is 5.31. The van der Waals surface area contributed by atoms with Crippen LogP contribution in [-0.4, -0.2) is 11.3 Å². The van der Waals surface area contributed by atoms with E-state index < -0.39 is 0 Å². The summed E-state index contributed by atoms with van der Waals surface area (Å²) in [7, 11) is 0. The van der Waals surface area contributed by atoms with Gasteiger partial charge in [0.15, 0.2) is 0 Å². The van der Waals surface area contributed by atoms with Gasteiger partial charge in [-0.15, -0.1) is 0 Å². The molecule has 18 heavy (non-hydrogen) atoms. The van der Waals surface area contributed by atoms with Crippen LogP contribution in [0.4, 0.5) is 10.1 Å². The molecule has 1 N–H and O–H groups in total. The zero-order chi connectivity index (χ0) is 13.1. The lowest BCUT2D eigenvalue weighted by molar-refractivity contribution is 0.474. The Bertz CT molecular complexity index is 611. The minimum Gasteiger partial charge on any atom is -0.507 e. The highest BCUT2D eigenvalue weighted by molar-refractivity contribution is 9.10. The van der Waals surface area contributed by atoms with Gasteiger partial charge in [0.1, 0.15) is 11.6 Å². The van der Waals surface area contributed by atoms with Gasteiger partial charge in [-0.25, -0.2) is 4.39 Å². The molecule has 0 aliphatic heterocycles. The van der Waals surface area contributed by atoms with Gasteiger partial charge in [-0.05, 0) is 42.8 Å². The van der Waals surface area contributed by atoms with Crippen molar-refractivity contribution in [2.75, 3.05) is 0 Å². The van der Waals surface area contributed by atoms with Gasteiger partial charge in [-0.1, -0.05) is 22.0 Å². The van der Waals surface area contributed by atoms with Gasteiger partial charge in [-0.2, -0.15) is 0 Å². The van der Waals surface area contributed by atoms with Crippen molar-refractivity contribution in [3.05, 3.63) is 57.8 Å². The molecule has 0 bridgehead atoms. The molecular weight excluding hydrogens is 297 g/mol. The van der Waals surface area contributed by atoms with Crippen LogP contribution in [0.1, 0.15) is 11.1 Å². The van der Waals surface area contributed by atoms with E-state index in [-0.39, 0.29) is 11.6 Å². The van der Waals surface area contributed by atoms with Gasteiger partial charge in [0.25, 0.3) is 0 Å². The smallest absolute Gasteiger partial charge is 0.128 e. The number of nitrogens with zero attached hydrogens (tertiary/aromatic N) is 1. The highest BCUT2D eigenvalue weighted by atomic mass is 79.9. The Morgan fingerprint density at radius 3 is 2.72 bits per heavy atom. The fourth-order valence-electron chi connectivity index (χ4n) is 1.43. The number of halogens is 2. The van der Waals surface area contributed by atoms with Crippen molar-refractivity contribution in [3.8, 4) is 5.75 Å². The fourth-order valence-corrected chi connectivity index (χ4v) is 1.81. The van der Waals surface area contributed by atoms with Gasteiger partial charge in [0.2, 0.25) is 0 Å². The maximum Gasteiger partial charge on any atom is 0.128 e. The molecule has 4 heteroatoms. The zero-order valence-corrected chi connectivity index (χ0v) is 11.3. The molecule has 2 aromatic rings. The van der Waals surface area contributed by atoms with Crippen LogP contribution in [-0.2, 0) is 0 Å². The Morgan fingerprint density at radius 2 is 2.00 bits per heavy atom. The molecule has 0 amide bonds. The first kappa shape index (κ1) is 12.8. The minimum absolute atomic E-state index is 0.134. The first-order valence-corrected chi connectivity index (χ1v) is 6.14. The lowest BCUT2D eigenvalue weighted by Gasteiger charge is -2.00. The number of aromatic hydroxyl groups is 1. The van der Waals surface area contributed by atoms with E-state index in [1.807, 2.05) is 0 Å². The number of hydrogen-bond donors (Lipinski definition) is 1. The Balaban J connectivity index is 2.29. The molecule has 0 heterocycles. The van der Waals surface area contributed by atoms with E-state index in [1.165, 1.54) is 12.3 Å². The van der Waals surface area contributed by atoms with Gasteiger partial charge in [-0.3, -0.25) is 4.99 Å². The maximum absolute atomic E-state index is 13.3. The van der Waals surface area contributed by atoms with E-state index in [1.54, 1.807) is 37.3 Å². The second-order valence-corrected chi connectivity index (χ2v) is 4.81. The van der Waals surface area contributed by atoms with E-state index in [9.17, 15) is 9.50 Å². The zero-order valence-electron chi connectivity index (χ0n) is 9.69. The van der Waals surface area contributed by atoms with Gasteiger partial charge < -0.3 is 5.11 Å². The Labute approximate surface area is 113 Å². The third-order valence-corrected chi connectivity index (χ3v) is 2.99. The molecule has 0 aliphatic carbocycles. The first-order valence-electron chi connectivity index (χ1n) is 5.35. The summed E-state index contributed by atoms with van der Waals surface area (Å²) in [5.74, 6) is -0.155. The number of rotatable bonds is 2. The molecule has 0 spiro atoms. The van der Waals surface area contributed by atoms with Crippen molar-refractivity contribution >= 4 is 27.8 Å². The predicted molar refractivity (Wildman–Crippen MR) is 74.2 cm³/mol. The standard InChI is InChI=1S/C14H11BrFNO/c1-9-2-4-12(7-13(9)16)17-8-10-6-11(15)3-5-14(10)18/h2-8,18H,1H3. The first-order chi connectivity index (χ1) is 8.56. The van der Waals surface area contributed by atoms with Gasteiger partial charge in [0, 0.05) is 16.3 Å². The Morgan fingerprint density at radius 1 is 1.22 bits per heavy atom. The summed E-state index contributed by atoms with van der Waals surface area (Å²) in [5, 5.41) is 9.63. The molecule has 0 aromatic heterocycles. The highest BCUT2D eigenvalue weighted by Crippen LogP contribution is 2.22. The normalized spacial score (nSPS) is 11.1. The van der Waals surface area contributed by atoms with Crippen molar-refractivity contribution in [3.63, 3.8) is 0 Å². The summed E-state index contributed by atoms with van der Waals surface area (Å²) in [6.45, 7) is 1.70. The summed E-state index contributed by atoms with van der Waals surface area (Å²) < 4.78 is 14.2. The topological polar surface area (TPSA) is 32.6 Å². The third kappa shape index (κ3) is 2.96. The average molecular weight is 308 g/mol. The summed E-state index contributed by atoms with van der Waals surface area (Å²) in [6, 6.07) is 9.80. The number of benzene rings is 2. The number of aryl methyl sites for hydroxylation is 1. The van der Waals surface area contributed by atoms with Crippen LogP contribution >= 0.6 is 15.9 Å². The molecule has 2 aromatic carbocycles. The molecule has 0 fully saturated rings. The maximum atomic E-state index is 13.3. The Kier molecular flexibility index (Phi) is 3.77. The minimum atomic E-state index is -0.289. The summed E-state index contributed by atoms with van der Waals surface area (Å²) in [6.07, 6.45) is 1.50. The molecule has 0 saturated heterocycles. The van der Waals surface area contributed by atoms with Crippen LogP contribution in [0.3, 0.4) is 0 Å².